The van der Waals surface area contributed by atoms with Gasteiger partial charge in [0.05, 0.1) is 12.3 Å². The largest absolute Gasteiger partial charge is 0.456 e. The zero-order valence-electron chi connectivity index (χ0n) is 39.4. The van der Waals surface area contributed by atoms with Gasteiger partial charge in [0.1, 0.15) is 11.2 Å². The van der Waals surface area contributed by atoms with Gasteiger partial charge in [-0.15, -0.1) is 11.3 Å². The highest BCUT2D eigenvalue weighted by molar-refractivity contribution is 7.25. The van der Waals surface area contributed by atoms with Crippen LogP contribution in [0, 0.1) is 0 Å². The average Bonchev–Trinajstić information content (AvgIpc) is 3.94. The van der Waals surface area contributed by atoms with Crippen LogP contribution in [0.1, 0.15) is 12.3 Å². The number of rotatable bonds is 5. The Morgan fingerprint density at radius 1 is 0.414 bits per heavy atom. The number of fused-ring (bicyclic) bond motifs is 8. The van der Waals surface area contributed by atoms with Gasteiger partial charge in [0, 0.05) is 47.6 Å². The smallest absolute Gasteiger partial charge is 0.164 e. The number of thiophene rings is 1. The molecule has 12 rings (SSSR count). The Bertz CT molecular complexity index is 4110. The SMILES string of the molecule is [2H]c1ccc2oc3ccc([2H])c(-c4cc(-c5nc(-c6ccc(-c7ccc8ccccc8c7)cc6)nc(-c6c([2H])c([2H])c7c(sc8c([2H])c([2H])c([2H])c([2H])c87)c6[2H])n5)cc5ccccc45)c3c2c1. The number of hydrogen-bond donors (Lipinski definition) is 0. The zero-order valence-corrected chi connectivity index (χ0v) is 31.2. The second-order valence-corrected chi connectivity index (χ2v) is 15.1. The third-order valence-electron chi connectivity index (χ3n) is 10.6. The molecule has 0 spiro atoms. The second kappa shape index (κ2) is 13.1. The maximum Gasteiger partial charge on any atom is 0.164 e. The Morgan fingerprint density at radius 2 is 1.12 bits per heavy atom. The average molecular weight is 767 g/mol. The van der Waals surface area contributed by atoms with E-state index in [1.54, 1.807) is 30.3 Å². The first-order chi connectivity index (χ1) is 32.4. The van der Waals surface area contributed by atoms with Crippen molar-refractivity contribution in [2.45, 2.75) is 0 Å². The lowest BCUT2D eigenvalue weighted by molar-refractivity contribution is 0.669. The molecule has 0 bridgehead atoms. The minimum absolute atomic E-state index is 0.0391. The highest BCUT2D eigenvalue weighted by Gasteiger charge is 2.19. The third kappa shape index (κ3) is 5.40. The molecule has 4 nitrogen and oxygen atoms in total. The van der Waals surface area contributed by atoms with E-state index < -0.39 is 12.1 Å². The number of furan rings is 1. The Morgan fingerprint density at radius 3 is 2.02 bits per heavy atom. The van der Waals surface area contributed by atoms with Crippen LogP contribution in [0.2, 0.25) is 0 Å². The number of para-hydroxylation sites is 1. The lowest BCUT2D eigenvalue weighted by atomic mass is 9.92. The summed E-state index contributed by atoms with van der Waals surface area (Å²) >= 11 is 0.980. The zero-order chi connectivity index (χ0) is 46.0. The van der Waals surface area contributed by atoms with Gasteiger partial charge < -0.3 is 4.42 Å². The Balaban J connectivity index is 1.11. The van der Waals surface area contributed by atoms with E-state index in [0.29, 0.717) is 50.2 Å². The summed E-state index contributed by atoms with van der Waals surface area (Å²) in [5, 5.41) is 5.54. The molecule has 12 aromatic rings. The Labute approximate surface area is 350 Å². The van der Waals surface area contributed by atoms with Gasteiger partial charge in [-0.05, 0) is 86.2 Å². The van der Waals surface area contributed by atoms with E-state index >= 15 is 0 Å². The molecule has 3 aromatic heterocycles. The Kier molecular flexibility index (Phi) is 5.61. The standard InChI is InChI=1S/C53H31N3OS/c1-2-11-35-28-36(25-22-32(35)10-1)33-20-23-34(24-21-33)51-54-52(38-26-27-42-41-14-6-8-19-48(41)58-49(42)31-38)56-53(55-51)39-29-37-12-3-4-13-40(37)45(30-39)43-16-9-18-47-50(43)44-15-5-7-17-46(44)57-47/h1-31H/i5D,6D,8D,14D,16D,19D,26D,27D,31D. The van der Waals surface area contributed by atoms with Gasteiger partial charge in [-0.25, -0.2) is 15.0 Å². The first-order valence-corrected chi connectivity index (χ1v) is 19.5. The van der Waals surface area contributed by atoms with Gasteiger partial charge in [0.2, 0.25) is 0 Å². The molecule has 0 aliphatic rings. The molecule has 0 amide bonds. The minimum Gasteiger partial charge on any atom is -0.456 e. The second-order valence-electron chi connectivity index (χ2n) is 14.1. The van der Waals surface area contributed by atoms with Crippen LogP contribution in [0.15, 0.2) is 192 Å². The van der Waals surface area contributed by atoms with Crippen LogP contribution in [-0.2, 0) is 0 Å². The number of aromatic nitrogens is 3. The molecule has 270 valence electrons. The van der Waals surface area contributed by atoms with E-state index in [4.69, 9.17) is 26.2 Å². The predicted molar refractivity (Wildman–Crippen MR) is 242 cm³/mol. The molecule has 0 aliphatic carbocycles. The summed E-state index contributed by atoms with van der Waals surface area (Å²) in [6.07, 6.45) is 0. The molecule has 0 aliphatic heterocycles. The summed E-state index contributed by atoms with van der Waals surface area (Å²) < 4.78 is 86.7. The molecule has 58 heavy (non-hydrogen) atoms. The van der Waals surface area contributed by atoms with Crippen molar-refractivity contribution in [3.05, 3.63) is 188 Å². The summed E-state index contributed by atoms with van der Waals surface area (Å²) in [4.78, 5) is 15.0. The monoisotopic (exact) mass is 766 g/mol. The first-order valence-electron chi connectivity index (χ1n) is 23.2. The van der Waals surface area contributed by atoms with Crippen LogP contribution in [0.3, 0.4) is 0 Å². The van der Waals surface area contributed by atoms with Crippen molar-refractivity contribution in [1.29, 1.82) is 0 Å². The molecule has 0 radical (unpaired) electrons. The van der Waals surface area contributed by atoms with E-state index in [2.05, 4.69) is 30.3 Å². The molecule has 0 fully saturated rings. The van der Waals surface area contributed by atoms with Gasteiger partial charge in [0.15, 0.2) is 17.5 Å². The van der Waals surface area contributed by atoms with Crippen LogP contribution in [0.5, 0.6) is 0 Å². The Hall–Kier alpha value is -7.47. The third-order valence-corrected chi connectivity index (χ3v) is 11.7. The van der Waals surface area contributed by atoms with Crippen molar-refractivity contribution in [1.82, 2.24) is 15.0 Å². The van der Waals surface area contributed by atoms with E-state index in [1.165, 1.54) is 0 Å². The lowest BCUT2D eigenvalue weighted by Gasteiger charge is -2.13. The highest BCUT2D eigenvalue weighted by Crippen LogP contribution is 2.42. The predicted octanol–water partition coefficient (Wildman–Crippen LogP) is 14.8. The molecule has 3 heterocycles. The highest BCUT2D eigenvalue weighted by atomic mass is 32.1. The molecule has 0 saturated heterocycles. The first kappa shape index (κ1) is 24.9. The molecule has 0 unspecified atom stereocenters. The molecule has 0 N–H and O–H groups in total. The van der Waals surface area contributed by atoms with E-state index in [9.17, 15) is 5.48 Å². The van der Waals surface area contributed by atoms with Crippen LogP contribution >= 0.6 is 11.3 Å². The van der Waals surface area contributed by atoms with E-state index in [-0.39, 0.29) is 79.5 Å². The molecule has 0 saturated carbocycles. The fourth-order valence-corrected chi connectivity index (χ4v) is 8.82. The van der Waals surface area contributed by atoms with Crippen LogP contribution < -0.4 is 0 Å². The van der Waals surface area contributed by atoms with E-state index in [1.807, 2.05) is 72.8 Å². The van der Waals surface area contributed by atoms with Gasteiger partial charge >= 0.3 is 0 Å². The summed E-state index contributed by atoms with van der Waals surface area (Å²) in [5.74, 6) is 0.409. The van der Waals surface area contributed by atoms with E-state index in [0.717, 1.165) is 44.0 Å². The fourth-order valence-electron chi connectivity index (χ4n) is 7.85. The number of hydrogen-bond acceptors (Lipinski definition) is 5. The lowest BCUT2D eigenvalue weighted by Crippen LogP contribution is -2.00. The van der Waals surface area contributed by atoms with Crippen molar-refractivity contribution in [2.24, 2.45) is 0 Å². The van der Waals surface area contributed by atoms with Crippen molar-refractivity contribution < 1.29 is 16.8 Å². The summed E-state index contributed by atoms with van der Waals surface area (Å²) in [6, 6.07) is 40.8. The van der Waals surface area contributed by atoms with Gasteiger partial charge in [-0.1, -0.05) is 145 Å². The maximum absolute atomic E-state index is 9.59. The van der Waals surface area contributed by atoms with Gasteiger partial charge in [0.25, 0.3) is 0 Å². The van der Waals surface area contributed by atoms with Crippen LogP contribution in [0.4, 0.5) is 0 Å². The quantitative estimate of drug-likeness (QED) is 0.175. The molecular formula is C53H31N3OS. The van der Waals surface area contributed by atoms with Crippen LogP contribution in [-0.4, -0.2) is 15.0 Å². The van der Waals surface area contributed by atoms with Crippen molar-refractivity contribution in [3.63, 3.8) is 0 Å². The molecule has 0 atom stereocenters. The van der Waals surface area contributed by atoms with Crippen LogP contribution in [0.25, 0.3) is 120 Å². The van der Waals surface area contributed by atoms with Crippen molar-refractivity contribution >= 4 is 75.0 Å². The van der Waals surface area contributed by atoms with Crippen molar-refractivity contribution in [3.8, 4) is 56.4 Å². The fraction of sp³-hybridized carbons (Fsp3) is 0. The number of nitrogens with zero attached hydrogens (tertiary/aromatic N) is 3. The summed E-state index contributed by atoms with van der Waals surface area (Å²) in [5.41, 5.74) is 5.59. The normalized spacial score (nSPS) is 14.0. The summed E-state index contributed by atoms with van der Waals surface area (Å²) in [6.45, 7) is 0. The topological polar surface area (TPSA) is 51.8 Å². The molecular weight excluding hydrogens is 727 g/mol. The molecule has 5 heteroatoms. The maximum atomic E-state index is 9.59. The molecule has 9 aromatic carbocycles. The van der Waals surface area contributed by atoms with Gasteiger partial charge in [-0.2, -0.15) is 0 Å². The van der Waals surface area contributed by atoms with Crippen molar-refractivity contribution in [2.75, 3.05) is 0 Å². The minimum atomic E-state index is -0.456. The number of benzene rings is 9. The summed E-state index contributed by atoms with van der Waals surface area (Å²) in [7, 11) is 0. The van der Waals surface area contributed by atoms with Gasteiger partial charge in [-0.3, -0.25) is 0 Å².